The van der Waals surface area contributed by atoms with E-state index in [-0.39, 0.29) is 0 Å². The highest BCUT2D eigenvalue weighted by Gasteiger charge is 1.82. The molecule has 0 saturated carbocycles. The molecule has 6 nitrogen and oxygen atoms in total. The van der Waals surface area contributed by atoms with Gasteiger partial charge in [0, 0.05) is 6.08 Å². The first-order valence-corrected chi connectivity index (χ1v) is 7.30. The molecule has 0 aliphatic heterocycles. The largest absolute Gasteiger partial charge is 0.478 e. The summed E-state index contributed by atoms with van der Waals surface area (Å²) in [6.45, 7) is 7.31. The number of primary amides is 2. The summed E-state index contributed by atoms with van der Waals surface area (Å²) >= 11 is 0. The van der Waals surface area contributed by atoms with Crippen LogP contribution in [0.4, 0.5) is 4.79 Å². The fraction of sp³-hybridized carbons (Fsp3) is 0.333. The summed E-state index contributed by atoms with van der Waals surface area (Å²) in [5.74, 6) is -0.981. The van der Waals surface area contributed by atoms with Crippen LogP contribution in [0.25, 0.3) is 0 Å². The molecule has 84 valence electrons. The SMILES string of the molecule is C=CC(=O)O.C[SiH](C)O[SiH3].NC(N)=O. The molecule has 0 heterocycles. The van der Waals surface area contributed by atoms with Crippen molar-refractivity contribution in [3.05, 3.63) is 12.7 Å². The summed E-state index contributed by atoms with van der Waals surface area (Å²) in [6, 6.07) is -0.833. The summed E-state index contributed by atoms with van der Waals surface area (Å²) in [6.07, 6.45) is 0.833. The minimum absolute atomic E-state index is 0.588. The summed E-state index contributed by atoms with van der Waals surface area (Å²) in [5.41, 5.74) is 8.50. The molecule has 5 N–H and O–H groups in total. The quantitative estimate of drug-likeness (QED) is 0.403. The molecule has 0 bridgehead atoms. The molecule has 0 atom stereocenters. The molecule has 0 rings (SSSR count). The Kier molecular flexibility index (Phi) is 19.2. The van der Waals surface area contributed by atoms with Crippen molar-refractivity contribution < 1.29 is 18.8 Å². The Labute approximate surface area is 88.2 Å². The second-order valence-electron chi connectivity index (χ2n) is 2.23. The van der Waals surface area contributed by atoms with Gasteiger partial charge in [-0.15, -0.1) is 0 Å². The monoisotopic (exact) mass is 238 g/mol. The average Bonchev–Trinajstić information content (AvgIpc) is 2.04. The molecule has 0 aliphatic carbocycles. The second kappa shape index (κ2) is 14.4. The van der Waals surface area contributed by atoms with Gasteiger partial charge in [-0.05, 0) is 13.1 Å². The van der Waals surface area contributed by atoms with Crippen LogP contribution in [-0.2, 0) is 8.91 Å². The molecule has 0 spiro atoms. The van der Waals surface area contributed by atoms with E-state index in [4.69, 9.17) is 14.0 Å². The first-order valence-electron chi connectivity index (χ1n) is 3.70. The lowest BCUT2D eigenvalue weighted by molar-refractivity contribution is -0.131. The Hall–Kier alpha value is -1.13. The van der Waals surface area contributed by atoms with Crippen LogP contribution in [-0.4, -0.2) is 36.6 Å². The van der Waals surface area contributed by atoms with Gasteiger partial charge in [-0.2, -0.15) is 0 Å². The zero-order chi connectivity index (χ0) is 12.1. The van der Waals surface area contributed by atoms with Crippen molar-refractivity contribution in [2.24, 2.45) is 11.5 Å². The van der Waals surface area contributed by atoms with Crippen LogP contribution in [0, 0.1) is 0 Å². The van der Waals surface area contributed by atoms with Crippen molar-refractivity contribution in [3.8, 4) is 0 Å². The Bertz CT molecular complexity index is 171. The molecule has 0 aromatic heterocycles. The molecule has 0 fully saturated rings. The van der Waals surface area contributed by atoms with Gasteiger partial charge >= 0.3 is 12.0 Å². The maximum Gasteiger partial charge on any atom is 0.327 e. The highest BCUT2D eigenvalue weighted by atomic mass is 28.3. The van der Waals surface area contributed by atoms with Crippen LogP contribution in [0.15, 0.2) is 12.7 Å². The standard InChI is InChI=1S/C3H4O2.C2H10OSi2.CH4N2O/c1-2-3(4)5;1-5(2)3-4;2-1(3)4/h2H,1H2,(H,4,5);5H,1-2,4H3;(H4,2,3,4). The smallest absolute Gasteiger partial charge is 0.327 e. The second-order valence-corrected chi connectivity index (χ2v) is 6.21. The normalized spacial score (nSPS) is 7.64. The number of urea groups is 1. The van der Waals surface area contributed by atoms with Crippen molar-refractivity contribution >= 4 is 31.5 Å². The lowest BCUT2D eigenvalue weighted by Gasteiger charge is -1.93. The fourth-order valence-electron chi connectivity index (χ4n) is 0. The molecule has 8 heteroatoms. The highest BCUT2D eigenvalue weighted by Crippen LogP contribution is 1.72. The van der Waals surface area contributed by atoms with Crippen molar-refractivity contribution in [1.29, 1.82) is 0 Å². The van der Waals surface area contributed by atoms with E-state index in [0.717, 1.165) is 16.6 Å². The van der Waals surface area contributed by atoms with Crippen molar-refractivity contribution in [1.82, 2.24) is 0 Å². The molecule has 0 aliphatic rings. The van der Waals surface area contributed by atoms with Gasteiger partial charge in [-0.1, -0.05) is 6.58 Å². The van der Waals surface area contributed by atoms with E-state index in [0.29, 0.717) is 0 Å². The van der Waals surface area contributed by atoms with Gasteiger partial charge in [-0.25, -0.2) is 9.59 Å². The average molecular weight is 238 g/mol. The number of carboxylic acid groups (broad SMARTS) is 1. The molecular weight excluding hydrogens is 220 g/mol. The molecule has 0 radical (unpaired) electrons. The van der Waals surface area contributed by atoms with E-state index in [9.17, 15) is 4.79 Å². The number of carbonyl (C=O) groups excluding carboxylic acids is 1. The van der Waals surface area contributed by atoms with E-state index >= 15 is 0 Å². The lowest BCUT2D eigenvalue weighted by Crippen LogP contribution is -2.18. The third-order valence-corrected chi connectivity index (χ3v) is 4.42. The van der Waals surface area contributed by atoms with Crippen molar-refractivity contribution in [2.45, 2.75) is 13.1 Å². The zero-order valence-electron chi connectivity index (χ0n) is 8.69. The minimum atomic E-state index is -0.981. The first-order chi connectivity index (χ1) is 6.27. The molecule has 0 aromatic carbocycles. The van der Waals surface area contributed by atoms with E-state index in [1.54, 1.807) is 0 Å². The molecule has 0 unspecified atom stereocenters. The predicted octanol–water partition coefficient (Wildman–Crippen LogP) is -1.45. The molecule has 2 amide bonds. The van der Waals surface area contributed by atoms with E-state index in [2.05, 4.69) is 31.1 Å². The van der Waals surface area contributed by atoms with Gasteiger partial charge in [0.1, 0.15) is 10.5 Å². The van der Waals surface area contributed by atoms with Gasteiger partial charge in [-0.3, -0.25) is 0 Å². The Morgan fingerprint density at radius 1 is 1.50 bits per heavy atom. The summed E-state index contributed by atoms with van der Waals surface area (Å²) < 4.78 is 5.03. The lowest BCUT2D eigenvalue weighted by atomic mass is 10.7. The first kappa shape index (κ1) is 18.6. The molecule has 0 aromatic rings. The molecular formula is C6H18N2O4Si2. The number of carboxylic acids is 1. The van der Waals surface area contributed by atoms with Crippen LogP contribution < -0.4 is 11.5 Å². The van der Waals surface area contributed by atoms with Crippen LogP contribution in [0.5, 0.6) is 0 Å². The number of rotatable bonds is 2. The van der Waals surface area contributed by atoms with E-state index in [1.807, 2.05) is 0 Å². The maximum absolute atomic E-state index is 9.25. The zero-order valence-corrected chi connectivity index (χ0v) is 11.8. The van der Waals surface area contributed by atoms with Crippen LogP contribution in [0.2, 0.25) is 13.1 Å². The maximum atomic E-state index is 9.25. The topological polar surface area (TPSA) is 116 Å². The molecule has 0 saturated heterocycles. The van der Waals surface area contributed by atoms with Gasteiger partial charge in [0.2, 0.25) is 0 Å². The van der Waals surface area contributed by atoms with Gasteiger partial charge < -0.3 is 20.7 Å². The van der Waals surface area contributed by atoms with Crippen LogP contribution >= 0.6 is 0 Å². The number of hydrogen-bond donors (Lipinski definition) is 3. The number of aliphatic carboxylic acids is 1. The Morgan fingerprint density at radius 3 is 1.64 bits per heavy atom. The van der Waals surface area contributed by atoms with Gasteiger partial charge in [0.15, 0.2) is 9.04 Å². The van der Waals surface area contributed by atoms with Crippen LogP contribution in [0.3, 0.4) is 0 Å². The third-order valence-electron chi connectivity index (χ3n) is 0.646. The minimum Gasteiger partial charge on any atom is -0.478 e. The highest BCUT2D eigenvalue weighted by molar-refractivity contribution is 6.52. The Morgan fingerprint density at radius 2 is 1.64 bits per heavy atom. The van der Waals surface area contributed by atoms with E-state index in [1.165, 1.54) is 0 Å². The summed E-state index contributed by atoms with van der Waals surface area (Å²) in [7, 11) is 0.347. The fourth-order valence-corrected chi connectivity index (χ4v) is 0. The van der Waals surface area contributed by atoms with Crippen molar-refractivity contribution in [2.75, 3.05) is 0 Å². The number of carbonyl (C=O) groups is 2. The number of amides is 2. The number of nitrogens with two attached hydrogens (primary N) is 2. The van der Waals surface area contributed by atoms with Crippen molar-refractivity contribution in [3.63, 3.8) is 0 Å². The predicted molar refractivity (Wildman–Crippen MR) is 61.5 cm³/mol. The van der Waals surface area contributed by atoms with E-state index < -0.39 is 21.0 Å². The van der Waals surface area contributed by atoms with Gasteiger partial charge in [0.25, 0.3) is 0 Å². The van der Waals surface area contributed by atoms with Gasteiger partial charge in [0.05, 0.1) is 0 Å². The van der Waals surface area contributed by atoms with Crippen LogP contribution in [0.1, 0.15) is 0 Å². The summed E-state index contributed by atoms with van der Waals surface area (Å²) in [4.78, 5) is 18.2. The summed E-state index contributed by atoms with van der Waals surface area (Å²) in [5, 5.41) is 7.60. The number of hydrogen-bond acceptors (Lipinski definition) is 3. The molecule has 14 heavy (non-hydrogen) atoms. The third kappa shape index (κ3) is 128. The Balaban J connectivity index is -0.000000131.